The molecule has 0 bridgehead atoms. The van der Waals surface area contributed by atoms with Crippen molar-refractivity contribution in [3.63, 3.8) is 0 Å². The van der Waals surface area contributed by atoms with Crippen molar-refractivity contribution in [2.75, 3.05) is 19.1 Å². The van der Waals surface area contributed by atoms with Crippen LogP contribution in [0.1, 0.15) is 24.3 Å². The van der Waals surface area contributed by atoms with Crippen LogP contribution in [0.5, 0.6) is 0 Å². The van der Waals surface area contributed by atoms with Gasteiger partial charge in [0.25, 0.3) is 0 Å². The number of benzene rings is 2. The van der Waals surface area contributed by atoms with E-state index in [-0.39, 0.29) is 39.3 Å². The molecule has 1 unspecified atom stereocenters. The number of anilines is 1. The molecule has 2 aliphatic rings. The number of sulfonamides is 1. The molecule has 0 amide bonds. The minimum absolute atomic E-state index is 0.0239. The number of hydrogen-bond acceptors (Lipinski definition) is 9. The number of nitrogens with two attached hydrogens (primary N) is 1. The Kier molecular flexibility index (Phi) is 6.83. The monoisotopic (exact) mass is 508 g/mol. The molecule has 0 radical (unpaired) electrons. The summed E-state index contributed by atoms with van der Waals surface area (Å²) < 4.78 is 39.0. The van der Waals surface area contributed by atoms with Gasteiger partial charge in [0.1, 0.15) is 16.4 Å². The molecule has 1 saturated carbocycles. The molecular formula is C25H24N4O6S. The standard InChI is InChI=1S/C25H24N4O6S/c1-34-24(30)21-20(15-8-4-3-5-9-15)17(14-26)23(27)29(22(21)25(31)35-2)18-10-6-7-11-19(18)36(32,33)28-16-12-13-16/h3-11,16,20,28H,12-13,27H2,1-2H3. The van der Waals surface area contributed by atoms with Crippen molar-refractivity contribution in [1.82, 2.24) is 4.72 Å². The number of nitrogens with one attached hydrogen (secondary N) is 1. The minimum Gasteiger partial charge on any atom is -0.466 e. The number of carbonyl (C=O) groups excluding carboxylic acids is 2. The number of para-hydroxylation sites is 1. The number of allylic oxidation sites excluding steroid dienone is 1. The van der Waals surface area contributed by atoms with Crippen LogP contribution in [0.15, 0.2) is 82.2 Å². The highest BCUT2D eigenvalue weighted by Crippen LogP contribution is 2.44. The molecule has 186 valence electrons. The Bertz CT molecular complexity index is 1420. The summed E-state index contributed by atoms with van der Waals surface area (Å²) in [7, 11) is -1.77. The quantitative estimate of drug-likeness (QED) is 0.535. The lowest BCUT2D eigenvalue weighted by atomic mass is 9.81. The van der Waals surface area contributed by atoms with Gasteiger partial charge in [0, 0.05) is 6.04 Å². The zero-order valence-electron chi connectivity index (χ0n) is 19.6. The van der Waals surface area contributed by atoms with Gasteiger partial charge in [-0.3, -0.25) is 4.90 Å². The van der Waals surface area contributed by atoms with Gasteiger partial charge in [-0.25, -0.2) is 22.7 Å². The molecule has 0 spiro atoms. The number of esters is 2. The number of methoxy groups -OCH3 is 2. The molecule has 2 aromatic rings. The second-order valence-corrected chi connectivity index (χ2v) is 9.88. The van der Waals surface area contributed by atoms with E-state index in [1.807, 2.05) is 6.07 Å². The average Bonchev–Trinajstić information content (AvgIpc) is 3.70. The predicted molar refractivity (Wildman–Crippen MR) is 129 cm³/mol. The van der Waals surface area contributed by atoms with E-state index in [1.165, 1.54) is 18.2 Å². The van der Waals surface area contributed by atoms with Crippen molar-refractivity contribution < 1.29 is 27.5 Å². The first-order valence-electron chi connectivity index (χ1n) is 11.0. The topological polar surface area (TPSA) is 152 Å². The third-order valence-electron chi connectivity index (χ3n) is 5.91. The summed E-state index contributed by atoms with van der Waals surface area (Å²) in [5.74, 6) is -3.12. The molecule has 1 fully saturated rings. The largest absolute Gasteiger partial charge is 0.466 e. The number of carbonyl (C=O) groups is 2. The number of nitriles is 1. The summed E-state index contributed by atoms with van der Waals surface area (Å²) >= 11 is 0. The van der Waals surface area contributed by atoms with Crippen LogP contribution in [0.3, 0.4) is 0 Å². The second-order valence-electron chi connectivity index (χ2n) is 8.20. The Morgan fingerprint density at radius 2 is 1.64 bits per heavy atom. The van der Waals surface area contributed by atoms with E-state index >= 15 is 0 Å². The van der Waals surface area contributed by atoms with E-state index in [0.29, 0.717) is 18.4 Å². The Balaban J connectivity index is 2.05. The smallest absolute Gasteiger partial charge is 0.355 e. The highest BCUT2D eigenvalue weighted by atomic mass is 32.2. The minimum atomic E-state index is -4.03. The summed E-state index contributed by atoms with van der Waals surface area (Å²) in [5.41, 5.74) is 6.36. The Morgan fingerprint density at radius 1 is 1.03 bits per heavy atom. The van der Waals surface area contributed by atoms with E-state index < -0.39 is 27.9 Å². The lowest BCUT2D eigenvalue weighted by Crippen LogP contribution is -2.41. The number of nitrogens with zero attached hydrogens (tertiary/aromatic N) is 2. The van der Waals surface area contributed by atoms with Crippen LogP contribution in [0.4, 0.5) is 5.69 Å². The molecule has 3 N–H and O–H groups in total. The molecule has 1 aliphatic heterocycles. The highest BCUT2D eigenvalue weighted by Gasteiger charge is 2.44. The summed E-state index contributed by atoms with van der Waals surface area (Å²) in [6.07, 6.45) is 1.43. The first-order chi connectivity index (χ1) is 17.2. The fourth-order valence-electron chi connectivity index (χ4n) is 4.12. The molecule has 0 aromatic heterocycles. The maximum absolute atomic E-state index is 13.2. The summed E-state index contributed by atoms with van der Waals surface area (Å²) in [5, 5.41) is 10.1. The van der Waals surface area contributed by atoms with Gasteiger partial charge in [0.15, 0.2) is 0 Å². The number of hydrogen-bond donors (Lipinski definition) is 2. The van der Waals surface area contributed by atoms with E-state index in [4.69, 9.17) is 15.2 Å². The molecule has 0 saturated heterocycles. The molecule has 1 aliphatic carbocycles. The highest BCUT2D eigenvalue weighted by molar-refractivity contribution is 7.89. The third kappa shape index (κ3) is 4.44. The van der Waals surface area contributed by atoms with Gasteiger partial charge in [-0.05, 0) is 30.5 Å². The van der Waals surface area contributed by atoms with E-state index in [0.717, 1.165) is 19.1 Å². The van der Waals surface area contributed by atoms with Gasteiger partial charge in [-0.15, -0.1) is 0 Å². The molecule has 1 heterocycles. The molecule has 4 rings (SSSR count). The fourth-order valence-corrected chi connectivity index (χ4v) is 5.61. The lowest BCUT2D eigenvalue weighted by Gasteiger charge is -2.36. The summed E-state index contributed by atoms with van der Waals surface area (Å²) in [4.78, 5) is 27.2. The van der Waals surface area contributed by atoms with E-state index in [9.17, 15) is 23.3 Å². The molecular weight excluding hydrogens is 484 g/mol. The van der Waals surface area contributed by atoms with Gasteiger partial charge >= 0.3 is 11.9 Å². The van der Waals surface area contributed by atoms with Crippen LogP contribution in [-0.4, -0.2) is 40.6 Å². The molecule has 2 aromatic carbocycles. The summed E-state index contributed by atoms with van der Waals surface area (Å²) in [6, 6.07) is 16.3. The van der Waals surface area contributed by atoms with Gasteiger partial charge in [0.05, 0.1) is 43.0 Å². The Labute approximate surface area is 208 Å². The first kappa shape index (κ1) is 25.0. The number of rotatable bonds is 7. The molecule has 11 heteroatoms. The second kappa shape index (κ2) is 9.85. The van der Waals surface area contributed by atoms with Crippen LogP contribution >= 0.6 is 0 Å². The van der Waals surface area contributed by atoms with Crippen LogP contribution in [0.2, 0.25) is 0 Å². The van der Waals surface area contributed by atoms with Crippen molar-refractivity contribution in [3.05, 3.63) is 82.8 Å². The van der Waals surface area contributed by atoms with E-state index in [1.54, 1.807) is 36.4 Å². The SMILES string of the molecule is COC(=O)C1=C(C(=O)OC)N(c2ccccc2S(=O)(=O)NC2CC2)C(N)=C(C#N)C1c1ccccc1. The number of ether oxygens (including phenoxy) is 2. The maximum atomic E-state index is 13.2. The third-order valence-corrected chi connectivity index (χ3v) is 7.47. The molecule has 36 heavy (non-hydrogen) atoms. The van der Waals surface area contributed by atoms with Crippen LogP contribution in [0, 0.1) is 11.3 Å². The zero-order chi connectivity index (χ0) is 26.0. The summed E-state index contributed by atoms with van der Waals surface area (Å²) in [6.45, 7) is 0. The lowest BCUT2D eigenvalue weighted by molar-refractivity contribution is -0.139. The van der Waals surface area contributed by atoms with Crippen molar-refractivity contribution in [2.24, 2.45) is 5.73 Å². The van der Waals surface area contributed by atoms with Crippen LogP contribution in [-0.2, 0) is 29.1 Å². The van der Waals surface area contributed by atoms with Gasteiger partial charge < -0.3 is 15.2 Å². The molecule has 1 atom stereocenters. The van der Waals surface area contributed by atoms with Crippen molar-refractivity contribution in [3.8, 4) is 6.07 Å². The molecule has 10 nitrogen and oxygen atoms in total. The first-order valence-corrected chi connectivity index (χ1v) is 12.5. The van der Waals surface area contributed by atoms with Gasteiger partial charge in [0.2, 0.25) is 10.0 Å². The predicted octanol–water partition coefficient (Wildman–Crippen LogP) is 2.03. The van der Waals surface area contributed by atoms with Crippen LogP contribution in [0.25, 0.3) is 0 Å². The van der Waals surface area contributed by atoms with Crippen LogP contribution < -0.4 is 15.4 Å². The maximum Gasteiger partial charge on any atom is 0.355 e. The van der Waals surface area contributed by atoms with Crippen molar-refractivity contribution in [2.45, 2.75) is 29.7 Å². The Hall–Kier alpha value is -4.14. The fraction of sp³-hybridized carbons (Fsp3) is 0.240. The van der Waals surface area contributed by atoms with Gasteiger partial charge in [-0.1, -0.05) is 42.5 Å². The Morgan fingerprint density at radius 3 is 2.22 bits per heavy atom. The average molecular weight is 509 g/mol. The van der Waals surface area contributed by atoms with Gasteiger partial charge in [-0.2, -0.15) is 5.26 Å². The van der Waals surface area contributed by atoms with Crippen molar-refractivity contribution >= 4 is 27.6 Å². The zero-order valence-corrected chi connectivity index (χ0v) is 20.4. The van der Waals surface area contributed by atoms with Crippen molar-refractivity contribution in [1.29, 1.82) is 5.26 Å². The van der Waals surface area contributed by atoms with E-state index in [2.05, 4.69) is 4.72 Å². The normalized spacial score (nSPS) is 18.0.